The SMILES string of the molecule is Cc1nc(Nc2ccc3c(c2)OCO3)cc(Nc2ccccc2Cl)n1. The standard InChI is InChI=1S/C18H15ClN4O2/c1-11-20-17(22-12-6-7-15-16(8-12)25-10-24-15)9-18(21-11)23-14-5-3-2-4-13(14)19/h2-9H,10H2,1H3,(H2,20,21,22,23). The number of hydrogen-bond acceptors (Lipinski definition) is 6. The number of rotatable bonds is 4. The number of hydrogen-bond donors (Lipinski definition) is 2. The Labute approximate surface area is 149 Å². The van der Waals surface area contributed by atoms with Crippen molar-refractivity contribution < 1.29 is 9.47 Å². The number of ether oxygens (including phenoxy) is 2. The van der Waals surface area contributed by atoms with Crippen LogP contribution in [0, 0.1) is 6.92 Å². The third-order valence-corrected chi connectivity index (χ3v) is 3.95. The maximum Gasteiger partial charge on any atom is 0.231 e. The van der Waals surface area contributed by atoms with Crippen LogP contribution in [0.5, 0.6) is 11.5 Å². The van der Waals surface area contributed by atoms with Crippen molar-refractivity contribution >= 4 is 34.6 Å². The number of benzene rings is 2. The van der Waals surface area contributed by atoms with Crippen LogP contribution in [0.15, 0.2) is 48.5 Å². The first-order valence-corrected chi connectivity index (χ1v) is 8.09. The molecule has 1 aromatic heterocycles. The van der Waals surface area contributed by atoms with Crippen molar-refractivity contribution in [2.24, 2.45) is 0 Å². The highest BCUT2D eigenvalue weighted by atomic mass is 35.5. The lowest BCUT2D eigenvalue weighted by Crippen LogP contribution is -2.01. The van der Waals surface area contributed by atoms with Gasteiger partial charge in [-0.15, -0.1) is 0 Å². The van der Waals surface area contributed by atoms with Gasteiger partial charge in [-0.3, -0.25) is 0 Å². The number of aromatic nitrogens is 2. The summed E-state index contributed by atoms with van der Waals surface area (Å²) in [5, 5.41) is 7.10. The van der Waals surface area contributed by atoms with Gasteiger partial charge in [0.15, 0.2) is 11.5 Å². The van der Waals surface area contributed by atoms with Crippen LogP contribution in [0.2, 0.25) is 5.02 Å². The molecule has 1 aliphatic rings. The predicted molar refractivity (Wildman–Crippen MR) is 97.4 cm³/mol. The highest BCUT2D eigenvalue weighted by Gasteiger charge is 2.13. The van der Waals surface area contributed by atoms with Crippen molar-refractivity contribution in [3.05, 3.63) is 59.4 Å². The highest BCUT2D eigenvalue weighted by molar-refractivity contribution is 6.33. The molecule has 2 aromatic carbocycles. The topological polar surface area (TPSA) is 68.3 Å². The van der Waals surface area contributed by atoms with E-state index in [4.69, 9.17) is 21.1 Å². The molecule has 7 heteroatoms. The molecule has 0 atom stereocenters. The number of aryl methyl sites for hydroxylation is 1. The minimum Gasteiger partial charge on any atom is -0.454 e. The molecule has 0 saturated heterocycles. The summed E-state index contributed by atoms with van der Waals surface area (Å²) in [4.78, 5) is 8.82. The van der Waals surface area contributed by atoms with E-state index in [2.05, 4.69) is 20.6 Å². The zero-order chi connectivity index (χ0) is 17.2. The Balaban J connectivity index is 1.58. The Hall–Kier alpha value is -2.99. The number of nitrogens with one attached hydrogen (secondary N) is 2. The summed E-state index contributed by atoms with van der Waals surface area (Å²) >= 11 is 6.19. The van der Waals surface area contributed by atoms with Crippen molar-refractivity contribution in [3.8, 4) is 11.5 Å². The molecule has 25 heavy (non-hydrogen) atoms. The van der Waals surface area contributed by atoms with Crippen LogP contribution in [0.1, 0.15) is 5.82 Å². The zero-order valence-electron chi connectivity index (χ0n) is 13.4. The fourth-order valence-electron chi connectivity index (χ4n) is 2.52. The summed E-state index contributed by atoms with van der Waals surface area (Å²) in [5.74, 6) is 3.42. The fourth-order valence-corrected chi connectivity index (χ4v) is 2.70. The van der Waals surface area contributed by atoms with Crippen LogP contribution in [0.3, 0.4) is 0 Å². The first kappa shape index (κ1) is 15.5. The monoisotopic (exact) mass is 354 g/mol. The van der Waals surface area contributed by atoms with Crippen LogP contribution in [-0.2, 0) is 0 Å². The molecule has 0 spiro atoms. The van der Waals surface area contributed by atoms with Crippen molar-refractivity contribution in [3.63, 3.8) is 0 Å². The molecule has 0 bridgehead atoms. The average molecular weight is 355 g/mol. The molecule has 4 rings (SSSR count). The molecular weight excluding hydrogens is 340 g/mol. The van der Waals surface area contributed by atoms with Gasteiger partial charge in [-0.1, -0.05) is 23.7 Å². The molecule has 2 heterocycles. The number of anilines is 4. The minimum absolute atomic E-state index is 0.247. The summed E-state index contributed by atoms with van der Waals surface area (Å²) in [6.45, 7) is 2.08. The Morgan fingerprint density at radius 2 is 1.68 bits per heavy atom. The van der Waals surface area contributed by atoms with Gasteiger partial charge in [-0.25, -0.2) is 9.97 Å². The third kappa shape index (κ3) is 3.44. The first-order valence-electron chi connectivity index (χ1n) is 7.71. The predicted octanol–water partition coefficient (Wildman–Crippen LogP) is 4.65. The van der Waals surface area contributed by atoms with Crippen LogP contribution in [-0.4, -0.2) is 16.8 Å². The number of fused-ring (bicyclic) bond motifs is 1. The van der Waals surface area contributed by atoms with E-state index in [1.165, 1.54) is 0 Å². The maximum atomic E-state index is 6.19. The van der Waals surface area contributed by atoms with Crippen molar-refractivity contribution in [2.45, 2.75) is 6.92 Å². The van der Waals surface area contributed by atoms with E-state index in [0.29, 0.717) is 28.2 Å². The van der Waals surface area contributed by atoms with Gasteiger partial charge in [-0.2, -0.15) is 0 Å². The van der Waals surface area contributed by atoms with E-state index in [0.717, 1.165) is 17.1 Å². The molecule has 0 radical (unpaired) electrons. The first-order chi connectivity index (χ1) is 12.2. The molecule has 0 amide bonds. The lowest BCUT2D eigenvalue weighted by Gasteiger charge is -2.11. The van der Waals surface area contributed by atoms with E-state index in [1.54, 1.807) is 0 Å². The average Bonchev–Trinajstić information content (AvgIpc) is 3.04. The van der Waals surface area contributed by atoms with Gasteiger partial charge < -0.3 is 20.1 Å². The molecule has 6 nitrogen and oxygen atoms in total. The van der Waals surface area contributed by atoms with Gasteiger partial charge in [0.25, 0.3) is 0 Å². The minimum atomic E-state index is 0.247. The maximum absolute atomic E-state index is 6.19. The summed E-state index contributed by atoms with van der Waals surface area (Å²) < 4.78 is 10.7. The third-order valence-electron chi connectivity index (χ3n) is 3.62. The van der Waals surface area contributed by atoms with Gasteiger partial charge in [-0.05, 0) is 31.2 Å². The smallest absolute Gasteiger partial charge is 0.231 e. The molecule has 0 fully saturated rings. The Bertz CT molecular complexity index is 933. The van der Waals surface area contributed by atoms with Gasteiger partial charge >= 0.3 is 0 Å². The largest absolute Gasteiger partial charge is 0.454 e. The lowest BCUT2D eigenvalue weighted by molar-refractivity contribution is 0.174. The molecule has 1 aliphatic heterocycles. The van der Waals surface area contributed by atoms with E-state index in [1.807, 2.05) is 55.5 Å². The van der Waals surface area contributed by atoms with Crippen molar-refractivity contribution in [1.29, 1.82) is 0 Å². The highest BCUT2D eigenvalue weighted by Crippen LogP contribution is 2.35. The van der Waals surface area contributed by atoms with E-state index >= 15 is 0 Å². The van der Waals surface area contributed by atoms with E-state index in [-0.39, 0.29) is 6.79 Å². The molecular formula is C18H15ClN4O2. The quantitative estimate of drug-likeness (QED) is 0.710. The van der Waals surface area contributed by atoms with Crippen LogP contribution < -0.4 is 20.1 Å². The summed E-state index contributed by atoms with van der Waals surface area (Å²) in [7, 11) is 0. The summed E-state index contributed by atoms with van der Waals surface area (Å²) in [6, 6.07) is 15.0. The van der Waals surface area contributed by atoms with Gasteiger partial charge in [0.2, 0.25) is 6.79 Å². The van der Waals surface area contributed by atoms with E-state index in [9.17, 15) is 0 Å². The molecule has 0 saturated carbocycles. The second kappa shape index (κ2) is 6.49. The molecule has 3 aromatic rings. The normalized spacial score (nSPS) is 12.1. The van der Waals surface area contributed by atoms with Crippen LogP contribution >= 0.6 is 11.6 Å². The molecule has 2 N–H and O–H groups in total. The van der Waals surface area contributed by atoms with Gasteiger partial charge in [0.1, 0.15) is 17.5 Å². The number of halogens is 1. The molecule has 0 unspecified atom stereocenters. The van der Waals surface area contributed by atoms with Crippen molar-refractivity contribution in [2.75, 3.05) is 17.4 Å². The van der Waals surface area contributed by atoms with Gasteiger partial charge in [0.05, 0.1) is 10.7 Å². The Morgan fingerprint density at radius 1 is 0.920 bits per heavy atom. The molecule has 0 aliphatic carbocycles. The van der Waals surface area contributed by atoms with Crippen molar-refractivity contribution in [1.82, 2.24) is 9.97 Å². The zero-order valence-corrected chi connectivity index (χ0v) is 14.2. The number of nitrogens with zero attached hydrogens (tertiary/aromatic N) is 2. The second-order valence-corrected chi connectivity index (χ2v) is 5.89. The Kier molecular flexibility index (Phi) is 4.03. The number of para-hydroxylation sites is 1. The molecule has 126 valence electrons. The fraction of sp³-hybridized carbons (Fsp3) is 0.111. The van der Waals surface area contributed by atoms with Crippen LogP contribution in [0.4, 0.5) is 23.0 Å². The summed E-state index contributed by atoms with van der Waals surface area (Å²) in [5.41, 5.74) is 1.64. The second-order valence-electron chi connectivity index (χ2n) is 5.48. The van der Waals surface area contributed by atoms with Gasteiger partial charge in [0, 0.05) is 17.8 Å². The Morgan fingerprint density at radius 3 is 2.52 bits per heavy atom. The van der Waals surface area contributed by atoms with Crippen LogP contribution in [0.25, 0.3) is 0 Å². The summed E-state index contributed by atoms with van der Waals surface area (Å²) in [6.07, 6.45) is 0. The van der Waals surface area contributed by atoms with E-state index < -0.39 is 0 Å². The lowest BCUT2D eigenvalue weighted by atomic mass is 10.2.